The number of H-pyrrole nitrogens is 1. The zero-order chi connectivity index (χ0) is 16.2. The molecule has 0 aliphatic carbocycles. The molecule has 1 aliphatic rings. The lowest BCUT2D eigenvalue weighted by Crippen LogP contribution is -2.46. The van der Waals surface area contributed by atoms with E-state index in [2.05, 4.69) is 29.4 Å². The van der Waals surface area contributed by atoms with E-state index in [0.717, 1.165) is 31.3 Å². The van der Waals surface area contributed by atoms with Gasteiger partial charge in [0.25, 0.3) is 0 Å². The second-order valence-corrected chi connectivity index (χ2v) is 6.39. The number of aromatic nitrogens is 1. The molecule has 1 aromatic carbocycles. The highest BCUT2D eigenvalue weighted by Crippen LogP contribution is 2.22. The Morgan fingerprint density at radius 1 is 1.43 bits per heavy atom. The van der Waals surface area contributed by atoms with Gasteiger partial charge in [0, 0.05) is 42.8 Å². The Morgan fingerprint density at radius 3 is 3.09 bits per heavy atom. The molecule has 3 rings (SSSR count). The number of amides is 2. The number of hydrogen-bond donors (Lipinski definition) is 3. The number of para-hydroxylation sites is 1. The van der Waals surface area contributed by atoms with Crippen molar-refractivity contribution in [3.63, 3.8) is 0 Å². The Labute approximate surface area is 136 Å². The van der Waals surface area contributed by atoms with Crippen LogP contribution in [0.1, 0.15) is 24.1 Å². The molecule has 5 heteroatoms. The first kappa shape index (κ1) is 15.9. The quantitative estimate of drug-likeness (QED) is 0.811. The van der Waals surface area contributed by atoms with E-state index < -0.39 is 0 Å². The molecular weight excluding hydrogens is 290 g/mol. The monoisotopic (exact) mass is 315 g/mol. The molecule has 124 valence electrons. The largest absolute Gasteiger partial charge is 0.396 e. The average molecular weight is 315 g/mol. The van der Waals surface area contributed by atoms with Gasteiger partial charge in [0.2, 0.25) is 0 Å². The Bertz CT molecular complexity index is 680. The maximum Gasteiger partial charge on any atom is 0.317 e. The molecule has 0 radical (unpaired) electrons. The highest BCUT2D eigenvalue weighted by molar-refractivity contribution is 5.84. The van der Waals surface area contributed by atoms with E-state index in [1.807, 2.05) is 17.0 Å². The minimum absolute atomic E-state index is 0.0133. The number of benzene rings is 1. The van der Waals surface area contributed by atoms with Crippen molar-refractivity contribution in [3.05, 3.63) is 35.5 Å². The minimum atomic E-state index is -0.0133. The molecule has 2 heterocycles. The van der Waals surface area contributed by atoms with Crippen molar-refractivity contribution in [2.45, 2.75) is 26.2 Å². The van der Waals surface area contributed by atoms with E-state index >= 15 is 0 Å². The maximum atomic E-state index is 12.3. The van der Waals surface area contributed by atoms with Crippen LogP contribution >= 0.6 is 0 Å². The number of rotatable bonds is 4. The number of likely N-dealkylation sites (tertiary alicyclic amines) is 1. The SMILES string of the molecule is Cc1[nH]c2ccccc2c1CCNC(=O)N1CCC[C@H](CO)C1. The maximum absolute atomic E-state index is 12.3. The molecule has 1 aliphatic heterocycles. The van der Waals surface area contributed by atoms with Gasteiger partial charge >= 0.3 is 6.03 Å². The van der Waals surface area contributed by atoms with Crippen LogP contribution in [-0.2, 0) is 6.42 Å². The fourth-order valence-corrected chi connectivity index (χ4v) is 3.46. The lowest BCUT2D eigenvalue weighted by atomic mass is 9.99. The smallest absolute Gasteiger partial charge is 0.317 e. The van der Waals surface area contributed by atoms with Crippen LogP contribution in [-0.4, -0.2) is 47.3 Å². The second kappa shape index (κ2) is 7.04. The van der Waals surface area contributed by atoms with Gasteiger partial charge < -0.3 is 20.3 Å². The zero-order valence-corrected chi connectivity index (χ0v) is 13.6. The fraction of sp³-hybridized carbons (Fsp3) is 0.500. The summed E-state index contributed by atoms with van der Waals surface area (Å²) in [7, 11) is 0. The molecule has 1 aromatic heterocycles. The van der Waals surface area contributed by atoms with Crippen molar-refractivity contribution in [1.29, 1.82) is 0 Å². The van der Waals surface area contributed by atoms with Gasteiger partial charge in [0.05, 0.1) is 0 Å². The number of nitrogens with zero attached hydrogens (tertiary/aromatic N) is 1. The summed E-state index contributed by atoms with van der Waals surface area (Å²) >= 11 is 0. The molecular formula is C18H25N3O2. The number of carbonyl (C=O) groups is 1. The average Bonchev–Trinajstić information content (AvgIpc) is 2.90. The number of piperidine rings is 1. The third-order valence-electron chi connectivity index (χ3n) is 4.74. The lowest BCUT2D eigenvalue weighted by Gasteiger charge is -2.31. The predicted molar refractivity (Wildman–Crippen MR) is 91.5 cm³/mol. The second-order valence-electron chi connectivity index (χ2n) is 6.39. The van der Waals surface area contributed by atoms with Gasteiger partial charge in [-0.25, -0.2) is 4.79 Å². The summed E-state index contributed by atoms with van der Waals surface area (Å²) < 4.78 is 0. The highest BCUT2D eigenvalue weighted by atomic mass is 16.3. The Kier molecular flexibility index (Phi) is 4.86. The third kappa shape index (κ3) is 3.50. The van der Waals surface area contributed by atoms with Crippen LogP contribution in [0.3, 0.4) is 0 Å². The highest BCUT2D eigenvalue weighted by Gasteiger charge is 2.22. The molecule has 0 unspecified atom stereocenters. The van der Waals surface area contributed by atoms with Crippen LogP contribution in [0.15, 0.2) is 24.3 Å². The van der Waals surface area contributed by atoms with E-state index in [0.29, 0.717) is 13.1 Å². The molecule has 0 bridgehead atoms. The molecule has 23 heavy (non-hydrogen) atoms. The molecule has 1 fully saturated rings. The normalized spacial score (nSPS) is 18.3. The number of urea groups is 1. The van der Waals surface area contributed by atoms with E-state index in [4.69, 9.17) is 0 Å². The minimum Gasteiger partial charge on any atom is -0.396 e. The van der Waals surface area contributed by atoms with E-state index in [9.17, 15) is 9.90 Å². The van der Waals surface area contributed by atoms with E-state index in [1.165, 1.54) is 16.6 Å². The standard InChI is InChI=1S/C18H25N3O2/c1-13-15(16-6-2-3-7-17(16)20-13)8-9-19-18(23)21-10-4-5-14(11-21)12-22/h2-3,6-7,14,20,22H,4-5,8-12H2,1H3,(H,19,23)/t14-/m0/s1. The summed E-state index contributed by atoms with van der Waals surface area (Å²) in [4.78, 5) is 17.5. The van der Waals surface area contributed by atoms with Gasteiger partial charge in [-0.05, 0) is 43.7 Å². The molecule has 3 N–H and O–H groups in total. The summed E-state index contributed by atoms with van der Waals surface area (Å²) in [6, 6.07) is 8.25. The summed E-state index contributed by atoms with van der Waals surface area (Å²) in [6.45, 7) is 4.32. The third-order valence-corrected chi connectivity index (χ3v) is 4.74. The number of aromatic amines is 1. The van der Waals surface area contributed by atoms with Crippen LogP contribution in [0.5, 0.6) is 0 Å². The number of fused-ring (bicyclic) bond motifs is 1. The summed E-state index contributed by atoms with van der Waals surface area (Å²) in [5.74, 6) is 0.227. The predicted octanol–water partition coefficient (Wildman–Crippen LogP) is 2.43. The van der Waals surface area contributed by atoms with E-state index in [-0.39, 0.29) is 18.6 Å². The first-order chi connectivity index (χ1) is 11.2. The van der Waals surface area contributed by atoms with Gasteiger partial charge in [-0.15, -0.1) is 0 Å². The number of carbonyl (C=O) groups excluding carboxylic acids is 1. The van der Waals surface area contributed by atoms with Crippen LogP contribution in [0.25, 0.3) is 10.9 Å². The van der Waals surface area contributed by atoms with Gasteiger partial charge in [0.1, 0.15) is 0 Å². The summed E-state index contributed by atoms with van der Waals surface area (Å²) in [6.07, 6.45) is 2.80. The Hall–Kier alpha value is -2.01. The van der Waals surface area contributed by atoms with Crippen LogP contribution in [0, 0.1) is 12.8 Å². The van der Waals surface area contributed by atoms with Gasteiger partial charge in [0.15, 0.2) is 0 Å². The Balaban J connectivity index is 1.56. The zero-order valence-electron chi connectivity index (χ0n) is 13.6. The molecule has 0 spiro atoms. The summed E-state index contributed by atoms with van der Waals surface area (Å²) in [5.41, 5.74) is 3.58. The van der Waals surface area contributed by atoms with Crippen molar-refractivity contribution in [3.8, 4) is 0 Å². The topological polar surface area (TPSA) is 68.4 Å². The van der Waals surface area contributed by atoms with Gasteiger partial charge in [-0.2, -0.15) is 0 Å². The van der Waals surface area contributed by atoms with Crippen LogP contribution < -0.4 is 5.32 Å². The number of nitrogens with one attached hydrogen (secondary N) is 2. The van der Waals surface area contributed by atoms with Crippen LogP contribution in [0.2, 0.25) is 0 Å². The van der Waals surface area contributed by atoms with Crippen molar-refractivity contribution in [2.24, 2.45) is 5.92 Å². The summed E-state index contributed by atoms with van der Waals surface area (Å²) in [5, 5.41) is 13.5. The van der Waals surface area contributed by atoms with Crippen molar-refractivity contribution >= 4 is 16.9 Å². The first-order valence-electron chi connectivity index (χ1n) is 8.39. The number of aliphatic hydroxyl groups is 1. The number of hydrogen-bond acceptors (Lipinski definition) is 2. The Morgan fingerprint density at radius 2 is 2.26 bits per heavy atom. The van der Waals surface area contributed by atoms with Crippen molar-refractivity contribution < 1.29 is 9.90 Å². The van der Waals surface area contributed by atoms with Gasteiger partial charge in [-0.3, -0.25) is 0 Å². The first-order valence-corrected chi connectivity index (χ1v) is 8.39. The van der Waals surface area contributed by atoms with Crippen molar-refractivity contribution in [2.75, 3.05) is 26.2 Å². The molecule has 1 atom stereocenters. The van der Waals surface area contributed by atoms with Gasteiger partial charge in [-0.1, -0.05) is 18.2 Å². The molecule has 0 saturated carbocycles. The van der Waals surface area contributed by atoms with Crippen LogP contribution in [0.4, 0.5) is 4.79 Å². The molecule has 5 nitrogen and oxygen atoms in total. The number of aryl methyl sites for hydroxylation is 1. The molecule has 1 saturated heterocycles. The molecule has 2 aromatic rings. The number of aliphatic hydroxyl groups excluding tert-OH is 1. The van der Waals surface area contributed by atoms with E-state index in [1.54, 1.807) is 0 Å². The lowest BCUT2D eigenvalue weighted by molar-refractivity contribution is 0.129. The van der Waals surface area contributed by atoms with Crippen molar-refractivity contribution in [1.82, 2.24) is 15.2 Å². The fourth-order valence-electron chi connectivity index (χ4n) is 3.46. The molecule has 2 amide bonds.